The van der Waals surface area contributed by atoms with Crippen LogP contribution in [0, 0.1) is 0 Å². The van der Waals surface area contributed by atoms with E-state index in [9.17, 15) is 0 Å². The summed E-state index contributed by atoms with van der Waals surface area (Å²) in [7, 11) is 0. The summed E-state index contributed by atoms with van der Waals surface area (Å²) in [4.78, 5) is 0. The lowest BCUT2D eigenvalue weighted by molar-refractivity contribution is 1.25. The van der Waals surface area contributed by atoms with Crippen molar-refractivity contribution in [3.05, 3.63) is 0 Å². The van der Waals surface area contributed by atoms with Crippen LogP contribution in [-0.4, -0.2) is 10.7 Å². The Bertz CT molecular complexity index is 42.0. The SMILES string of the molecule is N1C2SC12. The zero-order valence-electron chi connectivity index (χ0n) is 2.06. The fraction of sp³-hybridized carbons (Fsp3) is 1.00. The Labute approximate surface area is 28.8 Å². The van der Waals surface area contributed by atoms with Gasteiger partial charge in [0.1, 0.15) is 0 Å². The Morgan fingerprint density at radius 1 is 1.50 bits per heavy atom. The highest BCUT2D eigenvalue weighted by Crippen LogP contribution is 2.50. The van der Waals surface area contributed by atoms with E-state index in [0.29, 0.717) is 0 Å². The van der Waals surface area contributed by atoms with Crippen molar-refractivity contribution >= 4 is 11.8 Å². The lowest BCUT2D eigenvalue weighted by atomic mass is 11.0. The maximum absolute atomic E-state index is 3.16. The summed E-state index contributed by atoms with van der Waals surface area (Å²) >= 11 is 2.01. The van der Waals surface area contributed by atoms with Crippen LogP contribution in [-0.2, 0) is 0 Å². The predicted molar refractivity (Wildman–Crippen MR) is 18.3 cm³/mol. The van der Waals surface area contributed by atoms with Crippen molar-refractivity contribution in [2.24, 2.45) is 0 Å². The molecule has 2 aliphatic rings. The van der Waals surface area contributed by atoms with Gasteiger partial charge in [0.2, 0.25) is 0 Å². The molecule has 22 valence electrons. The van der Waals surface area contributed by atoms with Gasteiger partial charge in [0.05, 0.1) is 10.7 Å². The van der Waals surface area contributed by atoms with E-state index in [1.54, 1.807) is 0 Å². The quantitative estimate of drug-likeness (QED) is 0.407. The van der Waals surface area contributed by atoms with Crippen molar-refractivity contribution < 1.29 is 0 Å². The van der Waals surface area contributed by atoms with Gasteiger partial charge in [0, 0.05) is 0 Å². The number of hydrogen-bond donors (Lipinski definition) is 1. The van der Waals surface area contributed by atoms with Gasteiger partial charge in [-0.15, -0.1) is 11.8 Å². The topological polar surface area (TPSA) is 21.9 Å². The fourth-order valence-electron chi connectivity index (χ4n) is 0.225. The van der Waals surface area contributed by atoms with Crippen LogP contribution in [0.1, 0.15) is 0 Å². The summed E-state index contributed by atoms with van der Waals surface area (Å²) in [5.41, 5.74) is 0. The van der Waals surface area contributed by atoms with E-state index in [4.69, 9.17) is 0 Å². The lowest BCUT2D eigenvalue weighted by Gasteiger charge is -1.66. The molecule has 2 heterocycles. The molecule has 2 rings (SSSR count). The largest absolute Gasteiger partial charge is 0.289 e. The molecule has 2 aliphatic heterocycles. The average molecular weight is 73.1 g/mol. The summed E-state index contributed by atoms with van der Waals surface area (Å²) in [5.74, 6) is 0. The van der Waals surface area contributed by atoms with E-state index in [-0.39, 0.29) is 0 Å². The Hall–Kier alpha value is 0.310. The summed E-state index contributed by atoms with van der Waals surface area (Å²) in [6.45, 7) is 0. The molecular weight excluding hydrogens is 70.1 g/mol. The van der Waals surface area contributed by atoms with Crippen molar-refractivity contribution in [3.63, 3.8) is 0 Å². The van der Waals surface area contributed by atoms with Gasteiger partial charge in [-0.2, -0.15) is 0 Å². The van der Waals surface area contributed by atoms with E-state index in [0.717, 1.165) is 10.7 Å². The minimum absolute atomic E-state index is 0.917. The second-order valence-corrected chi connectivity index (χ2v) is 2.43. The van der Waals surface area contributed by atoms with Crippen LogP contribution in [0.3, 0.4) is 0 Å². The van der Waals surface area contributed by atoms with Crippen LogP contribution in [0.5, 0.6) is 0 Å². The van der Waals surface area contributed by atoms with Gasteiger partial charge < -0.3 is 0 Å². The summed E-state index contributed by atoms with van der Waals surface area (Å²) in [5, 5.41) is 4.99. The summed E-state index contributed by atoms with van der Waals surface area (Å²) in [6.07, 6.45) is 0. The standard InChI is InChI=1S/C2H3NS/c3-1-2(3)4-1/h1-3H. The van der Waals surface area contributed by atoms with Crippen LogP contribution in [0.25, 0.3) is 0 Å². The number of nitrogens with one attached hydrogen (secondary N) is 1. The molecule has 1 nitrogen and oxygen atoms in total. The van der Waals surface area contributed by atoms with Gasteiger partial charge in [-0.05, 0) is 0 Å². The van der Waals surface area contributed by atoms with Gasteiger partial charge in [-0.25, -0.2) is 0 Å². The van der Waals surface area contributed by atoms with Gasteiger partial charge >= 0.3 is 0 Å². The molecule has 0 amide bonds. The Morgan fingerprint density at radius 3 is 1.75 bits per heavy atom. The van der Waals surface area contributed by atoms with Gasteiger partial charge in [0.25, 0.3) is 0 Å². The third-order valence-corrected chi connectivity index (χ3v) is 1.80. The monoisotopic (exact) mass is 73.0 g/mol. The molecule has 2 fully saturated rings. The Morgan fingerprint density at radius 2 is 1.75 bits per heavy atom. The zero-order chi connectivity index (χ0) is 2.57. The fourth-order valence-corrected chi connectivity index (χ4v) is 0.676. The molecule has 2 unspecified atom stereocenters. The van der Waals surface area contributed by atoms with Crippen LogP contribution in [0.2, 0.25) is 0 Å². The van der Waals surface area contributed by atoms with Crippen LogP contribution in [0.4, 0.5) is 0 Å². The van der Waals surface area contributed by atoms with Crippen LogP contribution < -0.4 is 5.32 Å². The van der Waals surface area contributed by atoms with Gasteiger partial charge in [-0.3, -0.25) is 5.32 Å². The van der Waals surface area contributed by atoms with Gasteiger partial charge in [0.15, 0.2) is 0 Å². The van der Waals surface area contributed by atoms with Crippen molar-refractivity contribution in [1.82, 2.24) is 5.32 Å². The molecule has 0 radical (unpaired) electrons. The highest BCUT2D eigenvalue weighted by molar-refractivity contribution is 8.09. The molecule has 0 aromatic carbocycles. The van der Waals surface area contributed by atoms with E-state index in [1.165, 1.54) is 0 Å². The molecule has 4 heavy (non-hydrogen) atoms. The van der Waals surface area contributed by atoms with Crippen molar-refractivity contribution in [2.45, 2.75) is 10.7 Å². The zero-order valence-corrected chi connectivity index (χ0v) is 2.88. The van der Waals surface area contributed by atoms with E-state index in [2.05, 4.69) is 5.32 Å². The molecule has 2 saturated heterocycles. The predicted octanol–water partition coefficient (Wildman–Crippen LogP) is -0.0114. The van der Waals surface area contributed by atoms with E-state index >= 15 is 0 Å². The van der Waals surface area contributed by atoms with Crippen molar-refractivity contribution in [2.75, 3.05) is 0 Å². The minimum atomic E-state index is 0.917. The second kappa shape index (κ2) is 0.256. The highest BCUT2D eigenvalue weighted by atomic mass is 32.2. The first-order valence-electron chi connectivity index (χ1n) is 1.38. The molecule has 2 heteroatoms. The molecule has 1 N–H and O–H groups in total. The highest BCUT2D eigenvalue weighted by Gasteiger charge is 2.54. The van der Waals surface area contributed by atoms with Crippen molar-refractivity contribution in [1.29, 1.82) is 0 Å². The molecule has 0 spiro atoms. The van der Waals surface area contributed by atoms with E-state index in [1.807, 2.05) is 11.8 Å². The molecular formula is C2H3NS. The second-order valence-electron chi connectivity index (χ2n) is 1.14. The Kier molecular flexibility index (Phi) is 0.107. The van der Waals surface area contributed by atoms with Crippen molar-refractivity contribution in [3.8, 4) is 0 Å². The molecule has 2 atom stereocenters. The first-order chi connectivity index (χ1) is 1.97. The van der Waals surface area contributed by atoms with Crippen LogP contribution in [0.15, 0.2) is 0 Å². The third-order valence-electron chi connectivity index (χ3n) is 0.711. The summed E-state index contributed by atoms with van der Waals surface area (Å²) < 4.78 is 0. The Balaban J connectivity index is 2.48. The number of rotatable bonds is 0. The number of hydrogen-bond acceptors (Lipinski definition) is 2. The van der Waals surface area contributed by atoms with Crippen LogP contribution >= 0.6 is 11.8 Å². The minimum Gasteiger partial charge on any atom is -0.289 e. The number of fused-ring (bicyclic) bond motifs is 1. The number of thioether (sulfide) groups is 1. The maximum atomic E-state index is 3.16. The first-order valence-corrected chi connectivity index (χ1v) is 2.32. The third kappa shape index (κ3) is 0.0574. The maximum Gasteiger partial charge on any atom is 0.0809 e. The smallest absolute Gasteiger partial charge is 0.0809 e. The molecule has 0 bridgehead atoms. The lowest BCUT2D eigenvalue weighted by Crippen LogP contribution is -1.82. The molecule has 0 saturated carbocycles. The summed E-state index contributed by atoms with van der Waals surface area (Å²) in [6, 6.07) is 0. The molecule has 0 aromatic rings. The molecule has 0 aromatic heterocycles. The molecule has 0 aliphatic carbocycles. The average Bonchev–Trinajstić information content (AvgIpc) is 1.36. The van der Waals surface area contributed by atoms with Gasteiger partial charge in [-0.1, -0.05) is 0 Å². The normalized spacial score (nSPS) is 66.0. The first kappa shape index (κ1) is 1.67. The van der Waals surface area contributed by atoms with E-state index < -0.39 is 0 Å².